The van der Waals surface area contributed by atoms with Crippen molar-refractivity contribution in [1.29, 1.82) is 0 Å². The molecular formula is C15H17F3. The number of hydrogen-bond acceptors (Lipinski definition) is 0. The van der Waals surface area contributed by atoms with Crippen LogP contribution in [0.4, 0.5) is 13.2 Å². The van der Waals surface area contributed by atoms with Crippen LogP contribution < -0.4 is 0 Å². The fourth-order valence-corrected chi connectivity index (χ4v) is 1.34. The minimum Gasteiger partial charge on any atom is -0.166 e. The number of alkyl halides is 3. The molecule has 0 bridgehead atoms. The van der Waals surface area contributed by atoms with Crippen LogP contribution in [0.5, 0.6) is 0 Å². The van der Waals surface area contributed by atoms with Crippen molar-refractivity contribution in [2.75, 3.05) is 0 Å². The summed E-state index contributed by atoms with van der Waals surface area (Å²) in [6.45, 7) is 6.40. The quantitative estimate of drug-likeness (QED) is 0.626. The SMILES string of the molecule is CC(C)(C)CCC#Cc1ccc(C(F)(F)F)cc1. The largest absolute Gasteiger partial charge is 0.416 e. The van der Waals surface area contributed by atoms with Gasteiger partial charge in [0.2, 0.25) is 0 Å². The van der Waals surface area contributed by atoms with E-state index in [1.807, 2.05) is 0 Å². The van der Waals surface area contributed by atoms with E-state index >= 15 is 0 Å². The van der Waals surface area contributed by atoms with Crippen LogP contribution in [-0.4, -0.2) is 0 Å². The molecule has 0 spiro atoms. The van der Waals surface area contributed by atoms with Gasteiger partial charge in [-0.25, -0.2) is 0 Å². The highest BCUT2D eigenvalue weighted by Gasteiger charge is 2.29. The lowest BCUT2D eigenvalue weighted by atomic mass is 9.91. The van der Waals surface area contributed by atoms with Gasteiger partial charge in [-0.3, -0.25) is 0 Å². The van der Waals surface area contributed by atoms with Crippen LogP contribution in [0.15, 0.2) is 24.3 Å². The first-order valence-electron chi connectivity index (χ1n) is 5.85. The van der Waals surface area contributed by atoms with Gasteiger partial charge in [0.15, 0.2) is 0 Å². The van der Waals surface area contributed by atoms with Gasteiger partial charge in [-0.2, -0.15) is 13.2 Å². The molecule has 0 aliphatic rings. The second-order valence-corrected chi connectivity index (χ2v) is 5.44. The average molecular weight is 254 g/mol. The summed E-state index contributed by atoms with van der Waals surface area (Å²) < 4.78 is 37.0. The van der Waals surface area contributed by atoms with Gasteiger partial charge in [0.1, 0.15) is 0 Å². The molecule has 3 heteroatoms. The van der Waals surface area contributed by atoms with E-state index in [1.165, 1.54) is 12.1 Å². The molecule has 0 aliphatic heterocycles. The maximum Gasteiger partial charge on any atom is 0.416 e. The first kappa shape index (κ1) is 14.6. The average Bonchev–Trinajstić information content (AvgIpc) is 2.22. The molecule has 0 N–H and O–H groups in total. The van der Waals surface area contributed by atoms with Gasteiger partial charge in [-0.15, -0.1) is 0 Å². The Kier molecular flexibility index (Phi) is 4.45. The van der Waals surface area contributed by atoms with Crippen molar-refractivity contribution in [3.63, 3.8) is 0 Å². The van der Waals surface area contributed by atoms with Crippen LogP contribution in [-0.2, 0) is 6.18 Å². The number of hydrogen-bond donors (Lipinski definition) is 0. The molecule has 1 rings (SSSR count). The van der Waals surface area contributed by atoms with Crippen molar-refractivity contribution in [2.45, 2.75) is 39.8 Å². The Balaban J connectivity index is 2.62. The third-order valence-electron chi connectivity index (χ3n) is 2.44. The Hall–Kier alpha value is -1.43. The number of rotatable bonds is 1. The standard InChI is InChI=1S/C15H17F3/c1-14(2,3)11-5-4-6-12-7-9-13(10-8-12)15(16,17)18/h7-10H,5,11H2,1-3H3. The van der Waals surface area contributed by atoms with E-state index in [4.69, 9.17) is 0 Å². The maximum atomic E-state index is 12.3. The van der Waals surface area contributed by atoms with Gasteiger partial charge in [0.05, 0.1) is 5.56 Å². The number of halogens is 3. The van der Waals surface area contributed by atoms with Crippen LogP contribution >= 0.6 is 0 Å². The molecule has 1 aromatic rings. The molecule has 0 heterocycles. The minimum absolute atomic E-state index is 0.231. The third-order valence-corrected chi connectivity index (χ3v) is 2.44. The van der Waals surface area contributed by atoms with Crippen molar-refractivity contribution in [2.24, 2.45) is 5.41 Å². The fourth-order valence-electron chi connectivity index (χ4n) is 1.34. The summed E-state index contributed by atoms with van der Waals surface area (Å²) in [7, 11) is 0. The molecule has 0 atom stereocenters. The van der Waals surface area contributed by atoms with Gasteiger partial charge in [-0.05, 0) is 36.1 Å². The Morgan fingerprint density at radius 3 is 2.00 bits per heavy atom. The normalized spacial score (nSPS) is 11.9. The molecule has 0 aliphatic carbocycles. The minimum atomic E-state index is -4.28. The van der Waals surface area contributed by atoms with Crippen molar-refractivity contribution in [3.05, 3.63) is 35.4 Å². The molecule has 0 aromatic heterocycles. The summed E-state index contributed by atoms with van der Waals surface area (Å²) in [5.74, 6) is 5.86. The van der Waals surface area contributed by atoms with E-state index in [0.29, 0.717) is 5.56 Å². The van der Waals surface area contributed by atoms with E-state index in [0.717, 1.165) is 25.0 Å². The molecular weight excluding hydrogens is 237 g/mol. The molecule has 0 radical (unpaired) electrons. The van der Waals surface area contributed by atoms with Gasteiger partial charge in [-0.1, -0.05) is 32.6 Å². The first-order valence-corrected chi connectivity index (χ1v) is 5.85. The second kappa shape index (κ2) is 5.48. The summed E-state index contributed by atoms with van der Waals surface area (Å²) in [6.07, 6.45) is -2.55. The van der Waals surface area contributed by atoms with E-state index in [2.05, 4.69) is 32.6 Å². The van der Waals surface area contributed by atoms with Crippen molar-refractivity contribution < 1.29 is 13.2 Å². The van der Waals surface area contributed by atoms with E-state index in [9.17, 15) is 13.2 Å². The summed E-state index contributed by atoms with van der Waals surface area (Å²) in [5, 5.41) is 0. The summed E-state index contributed by atoms with van der Waals surface area (Å²) >= 11 is 0. The molecule has 0 amide bonds. The Labute approximate surface area is 106 Å². The fraction of sp³-hybridized carbons (Fsp3) is 0.467. The van der Waals surface area contributed by atoms with Crippen LogP contribution in [0.3, 0.4) is 0 Å². The highest BCUT2D eigenvalue weighted by atomic mass is 19.4. The monoisotopic (exact) mass is 254 g/mol. The zero-order chi connectivity index (χ0) is 13.8. The highest BCUT2D eigenvalue weighted by molar-refractivity contribution is 5.36. The third kappa shape index (κ3) is 5.27. The lowest BCUT2D eigenvalue weighted by Gasteiger charge is -2.15. The van der Waals surface area contributed by atoms with Crippen LogP contribution in [0.2, 0.25) is 0 Å². The molecule has 1 aromatic carbocycles. The maximum absolute atomic E-state index is 12.3. The molecule has 0 saturated carbocycles. The Bertz CT molecular complexity index is 436. The van der Waals surface area contributed by atoms with Crippen molar-refractivity contribution in [1.82, 2.24) is 0 Å². The number of benzene rings is 1. The predicted molar refractivity (Wildman–Crippen MR) is 67.0 cm³/mol. The first-order chi connectivity index (χ1) is 8.18. The Morgan fingerprint density at radius 2 is 1.56 bits per heavy atom. The van der Waals surface area contributed by atoms with Crippen LogP contribution in [0, 0.1) is 17.3 Å². The van der Waals surface area contributed by atoms with Crippen molar-refractivity contribution >= 4 is 0 Å². The second-order valence-electron chi connectivity index (χ2n) is 5.44. The van der Waals surface area contributed by atoms with E-state index < -0.39 is 11.7 Å². The zero-order valence-electron chi connectivity index (χ0n) is 10.9. The summed E-state index contributed by atoms with van der Waals surface area (Å²) in [5.41, 5.74) is 0.217. The van der Waals surface area contributed by atoms with Crippen LogP contribution in [0.1, 0.15) is 44.7 Å². The van der Waals surface area contributed by atoms with E-state index in [-0.39, 0.29) is 5.41 Å². The van der Waals surface area contributed by atoms with Gasteiger partial charge < -0.3 is 0 Å². The lowest BCUT2D eigenvalue weighted by molar-refractivity contribution is -0.137. The summed E-state index contributed by atoms with van der Waals surface area (Å²) in [6, 6.07) is 4.95. The summed E-state index contributed by atoms with van der Waals surface area (Å²) in [4.78, 5) is 0. The molecule has 0 saturated heterocycles. The van der Waals surface area contributed by atoms with Crippen LogP contribution in [0.25, 0.3) is 0 Å². The Morgan fingerprint density at radius 1 is 1.00 bits per heavy atom. The van der Waals surface area contributed by atoms with Gasteiger partial charge >= 0.3 is 6.18 Å². The highest BCUT2D eigenvalue weighted by Crippen LogP contribution is 2.28. The smallest absolute Gasteiger partial charge is 0.166 e. The molecule has 0 unspecified atom stereocenters. The lowest BCUT2D eigenvalue weighted by Crippen LogP contribution is -2.04. The van der Waals surface area contributed by atoms with Gasteiger partial charge in [0, 0.05) is 12.0 Å². The van der Waals surface area contributed by atoms with Crippen molar-refractivity contribution in [3.8, 4) is 11.8 Å². The van der Waals surface area contributed by atoms with Gasteiger partial charge in [0.25, 0.3) is 0 Å². The van der Waals surface area contributed by atoms with E-state index in [1.54, 1.807) is 0 Å². The molecule has 18 heavy (non-hydrogen) atoms. The topological polar surface area (TPSA) is 0 Å². The zero-order valence-corrected chi connectivity index (χ0v) is 10.9. The predicted octanol–water partition coefficient (Wildman–Crippen LogP) is 4.88. The molecule has 0 nitrogen and oxygen atoms in total. The molecule has 98 valence electrons. The molecule has 0 fully saturated rings.